The molecular formula is C22H25Cl3N4O4S2. The van der Waals surface area contributed by atoms with E-state index in [1.54, 1.807) is 23.6 Å². The fraction of sp³-hybridized carbons (Fsp3) is 0.409. The van der Waals surface area contributed by atoms with Gasteiger partial charge in [-0.1, -0.05) is 40.5 Å². The minimum Gasteiger partial charge on any atom is -0.353 e. The number of carbonyl (C=O) groups excluding carboxylic acids is 1. The third kappa shape index (κ3) is 7.90. The normalized spacial score (nSPS) is 15.0. The summed E-state index contributed by atoms with van der Waals surface area (Å²) in [7, 11) is -3.50. The molecule has 1 aliphatic rings. The molecule has 13 heteroatoms. The van der Waals surface area contributed by atoms with Crippen molar-refractivity contribution in [3.63, 3.8) is 0 Å². The second-order valence-electron chi connectivity index (χ2n) is 8.16. The van der Waals surface area contributed by atoms with Gasteiger partial charge in [0.2, 0.25) is 11.8 Å². The first-order chi connectivity index (χ1) is 16.3. The molecule has 35 heavy (non-hydrogen) atoms. The number of benzene rings is 1. The minimum absolute atomic E-state index is 0. The number of nitrogens with zero attached hydrogens (tertiary/aromatic N) is 3. The molecule has 0 spiro atoms. The molecule has 0 bridgehead atoms. The molecule has 4 rings (SSSR count). The zero-order valence-electron chi connectivity index (χ0n) is 18.7. The van der Waals surface area contributed by atoms with E-state index in [1.165, 1.54) is 0 Å². The Morgan fingerprint density at radius 1 is 1.20 bits per heavy atom. The van der Waals surface area contributed by atoms with E-state index in [1.807, 2.05) is 12.1 Å². The Balaban J connectivity index is 0.00000342. The van der Waals surface area contributed by atoms with Crippen LogP contribution in [0.5, 0.6) is 0 Å². The Bertz CT molecular complexity index is 1230. The first-order valence-electron chi connectivity index (χ1n) is 10.8. The molecule has 0 saturated carbocycles. The van der Waals surface area contributed by atoms with Crippen molar-refractivity contribution in [2.75, 3.05) is 13.1 Å². The number of thiophene rings is 1. The predicted octanol–water partition coefficient (Wildman–Crippen LogP) is 4.55. The van der Waals surface area contributed by atoms with Gasteiger partial charge in [0.05, 0.1) is 10.0 Å². The molecule has 1 fully saturated rings. The third-order valence-electron chi connectivity index (χ3n) is 5.54. The quantitative estimate of drug-likeness (QED) is 0.397. The fourth-order valence-corrected chi connectivity index (χ4v) is 6.37. The van der Waals surface area contributed by atoms with Crippen LogP contribution in [0.15, 0.2) is 44.4 Å². The molecule has 0 radical (unpaired) electrons. The SMILES string of the molecule is Cl.O=C(CCc1nc(CS(=O)(=O)c2cccs2)no1)NC1CCN(Cc2ccc(Cl)c(Cl)c2)CC1. The standard InChI is InChI=1S/C22H24Cl2N4O4S2.ClH/c23-17-4-3-15(12-18(17)24)13-28-9-7-16(8-10-28)25-20(29)5-6-21-26-19(27-32-21)14-34(30,31)22-2-1-11-33-22;/h1-4,11-12,16H,5-10,13-14H2,(H,25,29);1H. The van der Waals surface area contributed by atoms with Crippen LogP contribution in [0.1, 0.15) is 36.5 Å². The second kappa shape index (κ2) is 12.5. The number of carbonyl (C=O) groups is 1. The van der Waals surface area contributed by atoms with Crippen molar-refractivity contribution in [3.05, 3.63) is 63.0 Å². The molecule has 8 nitrogen and oxygen atoms in total. The summed E-state index contributed by atoms with van der Waals surface area (Å²) in [5, 5.41) is 9.61. The van der Waals surface area contributed by atoms with Gasteiger partial charge in [0, 0.05) is 38.5 Å². The molecule has 0 aliphatic carbocycles. The molecule has 1 amide bonds. The van der Waals surface area contributed by atoms with E-state index in [9.17, 15) is 13.2 Å². The Kier molecular flexibility index (Phi) is 9.97. The number of aryl methyl sites for hydroxylation is 1. The van der Waals surface area contributed by atoms with Crippen LogP contribution in [0.3, 0.4) is 0 Å². The Morgan fingerprint density at radius 2 is 1.97 bits per heavy atom. The topological polar surface area (TPSA) is 105 Å². The van der Waals surface area contributed by atoms with Gasteiger partial charge in [-0.15, -0.1) is 23.7 Å². The maximum atomic E-state index is 12.4. The van der Waals surface area contributed by atoms with Crippen LogP contribution >= 0.6 is 46.9 Å². The number of amides is 1. The van der Waals surface area contributed by atoms with E-state index >= 15 is 0 Å². The van der Waals surface area contributed by atoms with E-state index in [0.29, 0.717) is 10.0 Å². The van der Waals surface area contributed by atoms with Gasteiger partial charge < -0.3 is 9.84 Å². The van der Waals surface area contributed by atoms with Crippen molar-refractivity contribution in [1.82, 2.24) is 20.4 Å². The predicted molar refractivity (Wildman–Crippen MR) is 138 cm³/mol. The van der Waals surface area contributed by atoms with Crippen LogP contribution in [0, 0.1) is 0 Å². The van der Waals surface area contributed by atoms with E-state index in [2.05, 4.69) is 20.4 Å². The third-order valence-corrected chi connectivity index (χ3v) is 9.38. The van der Waals surface area contributed by atoms with Crippen molar-refractivity contribution in [3.8, 4) is 0 Å². The van der Waals surface area contributed by atoms with Crippen LogP contribution in [0.2, 0.25) is 10.0 Å². The molecular weight excluding hydrogens is 555 g/mol. The van der Waals surface area contributed by atoms with E-state index in [4.69, 9.17) is 27.7 Å². The first-order valence-corrected chi connectivity index (χ1v) is 14.1. The van der Waals surface area contributed by atoms with Gasteiger partial charge in [-0.05, 0) is 42.0 Å². The van der Waals surface area contributed by atoms with Gasteiger partial charge in [0.1, 0.15) is 9.96 Å². The summed E-state index contributed by atoms with van der Waals surface area (Å²) in [4.78, 5) is 18.8. The molecule has 3 aromatic rings. The Hall–Kier alpha value is -1.69. The largest absolute Gasteiger partial charge is 0.353 e. The number of rotatable bonds is 9. The Labute approximate surface area is 224 Å². The van der Waals surface area contributed by atoms with Crippen molar-refractivity contribution >= 4 is 62.7 Å². The highest BCUT2D eigenvalue weighted by Crippen LogP contribution is 2.24. The van der Waals surface area contributed by atoms with Gasteiger partial charge in [0.15, 0.2) is 15.7 Å². The average molecular weight is 580 g/mol. The first kappa shape index (κ1) is 27.9. The van der Waals surface area contributed by atoms with Crippen LogP contribution in [-0.2, 0) is 33.4 Å². The fourth-order valence-electron chi connectivity index (χ4n) is 3.78. The second-order valence-corrected chi connectivity index (χ2v) is 12.1. The summed E-state index contributed by atoms with van der Waals surface area (Å²) in [6.45, 7) is 2.53. The van der Waals surface area contributed by atoms with E-state index in [0.717, 1.165) is 49.4 Å². The molecule has 1 N–H and O–H groups in total. The lowest BCUT2D eigenvalue weighted by Crippen LogP contribution is -2.44. The van der Waals surface area contributed by atoms with Crippen molar-refractivity contribution < 1.29 is 17.7 Å². The smallest absolute Gasteiger partial charge is 0.227 e. The molecule has 0 unspecified atom stereocenters. The monoisotopic (exact) mass is 578 g/mol. The number of sulfone groups is 1. The van der Waals surface area contributed by atoms with Crippen molar-refractivity contribution in [2.24, 2.45) is 0 Å². The van der Waals surface area contributed by atoms with Crippen molar-refractivity contribution in [2.45, 2.75) is 48.2 Å². The maximum absolute atomic E-state index is 12.4. The molecule has 2 aromatic heterocycles. The summed E-state index contributed by atoms with van der Waals surface area (Å²) in [5.41, 5.74) is 1.11. The summed E-state index contributed by atoms with van der Waals surface area (Å²) in [6, 6.07) is 9.01. The molecule has 190 valence electrons. The van der Waals surface area contributed by atoms with Gasteiger partial charge in [-0.2, -0.15) is 4.98 Å². The van der Waals surface area contributed by atoms with Crippen molar-refractivity contribution in [1.29, 1.82) is 0 Å². The van der Waals surface area contributed by atoms with Gasteiger partial charge >= 0.3 is 0 Å². The zero-order valence-corrected chi connectivity index (χ0v) is 22.6. The molecule has 3 heterocycles. The molecule has 1 aliphatic heterocycles. The highest BCUT2D eigenvalue weighted by molar-refractivity contribution is 7.92. The minimum atomic E-state index is -3.50. The van der Waals surface area contributed by atoms with E-state index in [-0.39, 0.29) is 58.9 Å². The average Bonchev–Trinajstić information content (AvgIpc) is 3.49. The number of likely N-dealkylation sites (tertiary alicyclic amines) is 1. The summed E-state index contributed by atoms with van der Waals surface area (Å²) >= 11 is 13.2. The summed E-state index contributed by atoms with van der Waals surface area (Å²) < 4.78 is 30.0. The highest BCUT2D eigenvalue weighted by Gasteiger charge is 2.22. The number of piperidine rings is 1. The lowest BCUT2D eigenvalue weighted by Gasteiger charge is -2.32. The lowest BCUT2D eigenvalue weighted by molar-refractivity contribution is -0.122. The van der Waals surface area contributed by atoms with Gasteiger partial charge in [-0.3, -0.25) is 9.69 Å². The summed E-state index contributed by atoms with van der Waals surface area (Å²) in [6.07, 6.45) is 2.17. The van der Waals surface area contributed by atoms with Gasteiger partial charge in [0.25, 0.3) is 0 Å². The zero-order chi connectivity index (χ0) is 24.1. The van der Waals surface area contributed by atoms with Crippen LogP contribution in [0.25, 0.3) is 0 Å². The lowest BCUT2D eigenvalue weighted by atomic mass is 10.0. The number of halogens is 3. The van der Waals surface area contributed by atoms with E-state index < -0.39 is 9.84 Å². The van der Waals surface area contributed by atoms with Crippen LogP contribution in [0.4, 0.5) is 0 Å². The maximum Gasteiger partial charge on any atom is 0.227 e. The van der Waals surface area contributed by atoms with Gasteiger partial charge in [-0.25, -0.2) is 8.42 Å². The number of hydrogen-bond donors (Lipinski definition) is 1. The van der Waals surface area contributed by atoms with Crippen LogP contribution in [-0.4, -0.2) is 48.5 Å². The number of hydrogen-bond acceptors (Lipinski definition) is 8. The number of nitrogens with one attached hydrogen (secondary N) is 1. The molecule has 0 atom stereocenters. The Morgan fingerprint density at radius 3 is 2.66 bits per heavy atom. The number of aromatic nitrogens is 2. The summed E-state index contributed by atoms with van der Waals surface area (Å²) in [5.74, 6) is -0.0701. The molecule has 1 aromatic carbocycles. The highest BCUT2D eigenvalue weighted by atomic mass is 35.5. The molecule has 1 saturated heterocycles. The van der Waals surface area contributed by atoms with Crippen LogP contribution < -0.4 is 5.32 Å².